The van der Waals surface area contributed by atoms with Crippen molar-refractivity contribution in [1.29, 1.82) is 0 Å². The largest absolute Gasteiger partial charge is 1.00 e. The third-order valence-electron chi connectivity index (χ3n) is 14.6. The van der Waals surface area contributed by atoms with Gasteiger partial charge in [-0.25, -0.2) is 0 Å². The van der Waals surface area contributed by atoms with Gasteiger partial charge < -0.3 is 29.8 Å². The Bertz CT molecular complexity index is 3380. The first-order chi connectivity index (χ1) is 34.0. The van der Waals surface area contributed by atoms with Crippen LogP contribution in [0.3, 0.4) is 0 Å². The monoisotopic (exact) mass is 1130 g/mol. The molecule has 0 bridgehead atoms. The standard InChI is InChI=1S/2C32H30N2O.2Ag/c2*1-21-18-22(2)32(23(3)19-21)34-17-16-33(20-34)28-14-12-24-8-4-6-10-26(24)30(28)31-27-11-7-5-9-25(27)13-15-29(31)35;;/h2*4-15,18-19,35H,16-17,20H2,1-3H3;;/q;;2*+1/p-2. The average molecular weight is 1130 g/mol. The molecule has 8 heteroatoms. The van der Waals surface area contributed by atoms with Crippen molar-refractivity contribution in [2.75, 3.05) is 59.1 Å². The SMILES string of the molecule is Cc1cc(C)c(N2CCN(c3ccc4ccccc4c3-c3c([O-])ccc4ccccc34)C2)c(C)c1.Cc1cc(C)c(N2CCN(c3ccc4ccccc4c3-c3c([O-])ccc4ccccc34)C2)c(C)c1.[Ag+].[Ag+]. The number of benzene rings is 10. The Labute approximate surface area is 455 Å². The second-order valence-corrected chi connectivity index (χ2v) is 19.5. The van der Waals surface area contributed by atoms with Gasteiger partial charge in [-0.3, -0.25) is 0 Å². The van der Waals surface area contributed by atoms with Gasteiger partial charge in [0.05, 0.1) is 13.3 Å². The van der Waals surface area contributed by atoms with Crippen molar-refractivity contribution in [2.24, 2.45) is 0 Å². The first-order valence-electron chi connectivity index (χ1n) is 24.6. The van der Waals surface area contributed by atoms with Crippen molar-refractivity contribution in [3.05, 3.63) is 203 Å². The number of nitrogens with zero attached hydrogens (tertiary/aromatic N) is 4. The fourth-order valence-electron chi connectivity index (χ4n) is 11.9. The minimum Gasteiger partial charge on any atom is -0.872 e. The smallest absolute Gasteiger partial charge is 0.872 e. The van der Waals surface area contributed by atoms with E-state index in [-0.39, 0.29) is 56.3 Å². The zero-order chi connectivity index (χ0) is 48.2. The van der Waals surface area contributed by atoms with Gasteiger partial charge in [-0.15, -0.1) is 11.5 Å². The molecule has 0 saturated carbocycles. The summed E-state index contributed by atoms with van der Waals surface area (Å²) in [7, 11) is 0. The van der Waals surface area contributed by atoms with Gasteiger partial charge in [-0.05, 0) is 130 Å². The maximum absolute atomic E-state index is 13.4. The molecule has 0 aromatic heterocycles. The summed E-state index contributed by atoms with van der Waals surface area (Å²) < 4.78 is 0. The van der Waals surface area contributed by atoms with E-state index in [1.165, 1.54) is 44.8 Å². The molecule has 12 rings (SSSR count). The number of fused-ring (bicyclic) bond motifs is 4. The molecule has 0 unspecified atom stereocenters. The Morgan fingerprint density at radius 3 is 0.931 bits per heavy atom. The van der Waals surface area contributed by atoms with Crippen LogP contribution in [0.25, 0.3) is 65.3 Å². The molecule has 0 radical (unpaired) electrons. The van der Waals surface area contributed by atoms with Crippen molar-refractivity contribution in [3.63, 3.8) is 0 Å². The Kier molecular flexibility index (Phi) is 14.7. The van der Waals surface area contributed by atoms with Crippen LogP contribution in [0, 0.1) is 41.5 Å². The van der Waals surface area contributed by atoms with Crippen molar-refractivity contribution in [1.82, 2.24) is 0 Å². The Morgan fingerprint density at radius 2 is 0.597 bits per heavy atom. The van der Waals surface area contributed by atoms with Crippen LogP contribution in [-0.4, -0.2) is 39.5 Å². The van der Waals surface area contributed by atoms with E-state index in [1.54, 1.807) is 12.1 Å². The van der Waals surface area contributed by atoms with Gasteiger partial charge in [0.1, 0.15) is 0 Å². The molecular formula is C64H58Ag2N4O2. The van der Waals surface area contributed by atoms with E-state index in [0.29, 0.717) is 0 Å². The Morgan fingerprint density at radius 1 is 0.319 bits per heavy atom. The van der Waals surface area contributed by atoms with E-state index in [2.05, 4.69) is 182 Å². The second kappa shape index (κ2) is 20.9. The summed E-state index contributed by atoms with van der Waals surface area (Å²) in [5.41, 5.74) is 16.5. The zero-order valence-corrected chi connectivity index (χ0v) is 44.6. The predicted molar refractivity (Wildman–Crippen MR) is 293 cm³/mol. The molecule has 10 aromatic rings. The third kappa shape index (κ3) is 9.29. The summed E-state index contributed by atoms with van der Waals surface area (Å²) in [5, 5.41) is 35.6. The maximum atomic E-state index is 13.4. The first-order valence-corrected chi connectivity index (χ1v) is 24.6. The van der Waals surface area contributed by atoms with Gasteiger partial charge in [0.2, 0.25) is 0 Å². The van der Waals surface area contributed by atoms with Crippen LogP contribution in [0.5, 0.6) is 11.5 Å². The molecule has 2 aliphatic heterocycles. The normalized spacial score (nSPS) is 13.4. The van der Waals surface area contributed by atoms with E-state index >= 15 is 0 Å². The van der Waals surface area contributed by atoms with Crippen LogP contribution in [0.2, 0.25) is 0 Å². The van der Waals surface area contributed by atoms with Crippen LogP contribution in [0.1, 0.15) is 33.4 Å². The Hall–Kier alpha value is -6.48. The minimum atomic E-state index is 0. The third-order valence-corrected chi connectivity index (χ3v) is 14.6. The zero-order valence-electron chi connectivity index (χ0n) is 41.6. The molecule has 72 heavy (non-hydrogen) atoms. The molecule has 2 heterocycles. The molecule has 0 N–H and O–H groups in total. The predicted octanol–water partition coefficient (Wildman–Crippen LogP) is 13.9. The van der Waals surface area contributed by atoms with Gasteiger partial charge >= 0.3 is 44.8 Å². The molecule has 6 nitrogen and oxygen atoms in total. The molecular weight excluding hydrogens is 1070 g/mol. The molecule has 2 aliphatic rings. The van der Waals surface area contributed by atoms with Crippen LogP contribution in [0.4, 0.5) is 22.7 Å². The van der Waals surface area contributed by atoms with Crippen molar-refractivity contribution >= 4 is 65.8 Å². The van der Waals surface area contributed by atoms with Crippen LogP contribution >= 0.6 is 0 Å². The number of hydrogen-bond donors (Lipinski definition) is 0. The van der Waals surface area contributed by atoms with Crippen LogP contribution in [0.15, 0.2) is 170 Å². The molecule has 0 atom stereocenters. The van der Waals surface area contributed by atoms with E-state index < -0.39 is 0 Å². The molecule has 10 aromatic carbocycles. The molecule has 0 amide bonds. The average Bonchev–Trinajstić information content (AvgIpc) is 4.04. The van der Waals surface area contributed by atoms with Gasteiger partial charge in [0.15, 0.2) is 0 Å². The minimum absolute atomic E-state index is 0. The van der Waals surface area contributed by atoms with Crippen LogP contribution < -0.4 is 29.8 Å². The first kappa shape index (κ1) is 50.5. The number of anilines is 4. The van der Waals surface area contributed by atoms with Crippen LogP contribution in [-0.2, 0) is 44.8 Å². The summed E-state index contributed by atoms with van der Waals surface area (Å²) in [6.45, 7) is 18.5. The fraction of sp³-hybridized carbons (Fsp3) is 0.188. The van der Waals surface area contributed by atoms with Crippen molar-refractivity contribution in [2.45, 2.75) is 41.5 Å². The second-order valence-electron chi connectivity index (χ2n) is 19.5. The van der Waals surface area contributed by atoms with E-state index in [9.17, 15) is 10.2 Å². The van der Waals surface area contributed by atoms with E-state index in [0.717, 1.165) is 116 Å². The molecule has 368 valence electrons. The van der Waals surface area contributed by atoms with Gasteiger partial charge in [-0.2, -0.15) is 0 Å². The van der Waals surface area contributed by atoms with Gasteiger partial charge in [0.25, 0.3) is 0 Å². The topological polar surface area (TPSA) is 59.1 Å². The summed E-state index contributed by atoms with van der Waals surface area (Å²) in [6, 6.07) is 58.5. The van der Waals surface area contributed by atoms with Gasteiger partial charge in [0, 0.05) is 60.1 Å². The van der Waals surface area contributed by atoms with Crippen molar-refractivity contribution in [3.8, 4) is 33.8 Å². The molecule has 2 saturated heterocycles. The summed E-state index contributed by atoms with van der Waals surface area (Å²) in [4.78, 5) is 9.82. The number of aryl methyl sites for hydroxylation is 6. The van der Waals surface area contributed by atoms with E-state index in [1.807, 2.05) is 36.4 Å². The quantitative estimate of drug-likeness (QED) is 0.155. The van der Waals surface area contributed by atoms with Gasteiger partial charge in [-0.1, -0.05) is 169 Å². The number of hydrogen-bond acceptors (Lipinski definition) is 6. The Balaban J connectivity index is 0.000000173. The molecule has 0 aliphatic carbocycles. The number of rotatable bonds is 6. The van der Waals surface area contributed by atoms with E-state index in [4.69, 9.17) is 0 Å². The molecule has 2 fully saturated rings. The maximum Gasteiger partial charge on any atom is 1.00 e. The summed E-state index contributed by atoms with van der Waals surface area (Å²) in [6.07, 6.45) is 0. The summed E-state index contributed by atoms with van der Waals surface area (Å²) >= 11 is 0. The molecule has 0 spiro atoms. The fourth-order valence-corrected chi connectivity index (χ4v) is 11.9. The van der Waals surface area contributed by atoms with Crippen molar-refractivity contribution < 1.29 is 55.0 Å². The summed E-state index contributed by atoms with van der Waals surface area (Å²) in [5.74, 6) is 0.144.